The Hall–Kier alpha value is -1.96. The molecule has 3 heterocycles. The number of anilines is 1. The van der Waals surface area contributed by atoms with Crippen LogP contribution in [0.1, 0.15) is 37.8 Å². The highest BCUT2D eigenvalue weighted by Crippen LogP contribution is 2.31. The maximum Gasteiger partial charge on any atom is 0.186 e. The fraction of sp³-hybridized carbons (Fsp3) is 0.571. The molecular weight excluding hydrogens is 298 g/mol. The molecule has 8 heteroatoms. The van der Waals surface area contributed by atoms with Gasteiger partial charge in [0.25, 0.3) is 0 Å². The molecule has 0 aliphatic carbocycles. The van der Waals surface area contributed by atoms with Gasteiger partial charge in [-0.3, -0.25) is 4.68 Å². The molecule has 0 bridgehead atoms. The average molecular weight is 319 g/mol. The number of nitrogens with one attached hydrogen (secondary N) is 1. The molecule has 0 saturated carbocycles. The third kappa shape index (κ3) is 2.70. The number of fused-ring (bicyclic) bond motifs is 1. The second kappa shape index (κ2) is 5.68. The Morgan fingerprint density at radius 2 is 2.05 bits per heavy atom. The van der Waals surface area contributed by atoms with Crippen molar-refractivity contribution in [3.05, 3.63) is 17.8 Å². The van der Waals surface area contributed by atoms with Gasteiger partial charge in [-0.15, -0.1) is 0 Å². The number of thiazole rings is 1. The van der Waals surface area contributed by atoms with Gasteiger partial charge in [-0.1, -0.05) is 25.2 Å². The summed E-state index contributed by atoms with van der Waals surface area (Å²) in [6.07, 6.45) is 2.57. The lowest BCUT2D eigenvalue weighted by atomic mass is 10.0. The first kappa shape index (κ1) is 15.0. The molecule has 0 amide bonds. The third-order valence-electron chi connectivity index (χ3n) is 3.61. The van der Waals surface area contributed by atoms with E-state index in [0.29, 0.717) is 5.92 Å². The van der Waals surface area contributed by atoms with Gasteiger partial charge in [0.05, 0.1) is 16.4 Å². The fourth-order valence-corrected chi connectivity index (χ4v) is 3.60. The Kier molecular flexibility index (Phi) is 3.86. The van der Waals surface area contributed by atoms with Gasteiger partial charge in [0.15, 0.2) is 10.8 Å². The molecule has 0 aliphatic rings. The Bertz CT molecular complexity index is 748. The highest BCUT2D eigenvalue weighted by atomic mass is 32.1. The smallest absolute Gasteiger partial charge is 0.186 e. The molecule has 0 spiro atoms. The quantitative estimate of drug-likeness (QED) is 0.782. The third-order valence-corrected chi connectivity index (χ3v) is 4.69. The normalized spacial score (nSPS) is 13.2. The molecule has 0 aliphatic heterocycles. The second-order valence-corrected chi connectivity index (χ2v) is 6.95. The maximum atomic E-state index is 4.67. The van der Waals surface area contributed by atoms with E-state index in [0.717, 1.165) is 33.4 Å². The Morgan fingerprint density at radius 1 is 1.27 bits per heavy atom. The summed E-state index contributed by atoms with van der Waals surface area (Å²) in [6.45, 7) is 6.42. The Balaban J connectivity index is 1.91. The molecule has 3 aromatic heterocycles. The largest absolute Gasteiger partial charge is 0.351 e. The number of aryl methyl sites for hydroxylation is 3. The van der Waals surface area contributed by atoms with Crippen molar-refractivity contribution in [3.8, 4) is 0 Å². The van der Waals surface area contributed by atoms with Crippen molar-refractivity contribution < 1.29 is 0 Å². The van der Waals surface area contributed by atoms with E-state index in [9.17, 15) is 0 Å². The minimum absolute atomic E-state index is 0.0985. The minimum Gasteiger partial charge on any atom is -0.351 e. The summed E-state index contributed by atoms with van der Waals surface area (Å²) in [7, 11) is 3.84. The van der Waals surface area contributed by atoms with Crippen molar-refractivity contribution in [1.29, 1.82) is 0 Å². The second-order valence-electron chi connectivity index (χ2n) is 5.95. The average Bonchev–Trinajstić information content (AvgIpc) is 3.08. The summed E-state index contributed by atoms with van der Waals surface area (Å²) < 4.78 is 4.78. The first-order valence-electron chi connectivity index (χ1n) is 7.36. The number of rotatable bonds is 5. The highest BCUT2D eigenvalue weighted by molar-refractivity contribution is 7.22. The molecule has 1 atom stereocenters. The van der Waals surface area contributed by atoms with Crippen LogP contribution in [0, 0.1) is 12.8 Å². The van der Waals surface area contributed by atoms with Crippen LogP contribution in [0.3, 0.4) is 0 Å². The molecule has 3 aromatic rings. The van der Waals surface area contributed by atoms with E-state index in [4.69, 9.17) is 0 Å². The van der Waals surface area contributed by atoms with Gasteiger partial charge in [-0.05, 0) is 19.3 Å². The molecule has 0 radical (unpaired) electrons. The molecule has 0 saturated heterocycles. The number of nitrogens with zero attached hydrogens (tertiary/aromatic N) is 6. The number of hydrogen-bond acceptors (Lipinski definition) is 6. The van der Waals surface area contributed by atoms with Crippen molar-refractivity contribution in [2.45, 2.75) is 33.2 Å². The van der Waals surface area contributed by atoms with Crippen molar-refractivity contribution in [1.82, 2.24) is 29.5 Å². The van der Waals surface area contributed by atoms with Crippen LogP contribution in [0.4, 0.5) is 5.13 Å². The standard InChI is InChI=1S/C14H21N7S/c1-8(2)6-10(12-15-7-16-20(12)4)17-14-18-13-11(22-14)9(3)19-21(13)5/h7-8,10H,6H2,1-5H3,(H,17,18). The van der Waals surface area contributed by atoms with Gasteiger partial charge < -0.3 is 5.32 Å². The highest BCUT2D eigenvalue weighted by Gasteiger charge is 2.21. The molecule has 0 fully saturated rings. The topological polar surface area (TPSA) is 73.5 Å². The van der Waals surface area contributed by atoms with Gasteiger partial charge in [0.1, 0.15) is 12.2 Å². The van der Waals surface area contributed by atoms with Crippen molar-refractivity contribution in [2.75, 3.05) is 5.32 Å². The molecule has 1 unspecified atom stereocenters. The monoisotopic (exact) mass is 319 g/mol. The predicted molar refractivity (Wildman–Crippen MR) is 87.9 cm³/mol. The maximum absolute atomic E-state index is 4.67. The van der Waals surface area contributed by atoms with Crippen LogP contribution in [0.25, 0.3) is 10.3 Å². The lowest BCUT2D eigenvalue weighted by Crippen LogP contribution is -2.17. The minimum atomic E-state index is 0.0985. The first-order chi connectivity index (χ1) is 10.5. The molecule has 118 valence electrons. The van der Waals surface area contributed by atoms with Crippen LogP contribution >= 0.6 is 11.3 Å². The Morgan fingerprint density at radius 3 is 2.64 bits per heavy atom. The van der Waals surface area contributed by atoms with E-state index in [-0.39, 0.29) is 6.04 Å². The van der Waals surface area contributed by atoms with Crippen LogP contribution in [0.5, 0.6) is 0 Å². The van der Waals surface area contributed by atoms with E-state index in [1.54, 1.807) is 17.7 Å². The van der Waals surface area contributed by atoms with Gasteiger partial charge in [0, 0.05) is 14.1 Å². The first-order valence-corrected chi connectivity index (χ1v) is 8.18. The summed E-state index contributed by atoms with van der Waals surface area (Å²) in [4.78, 5) is 9.06. The van der Waals surface area contributed by atoms with Crippen molar-refractivity contribution in [2.24, 2.45) is 20.0 Å². The van der Waals surface area contributed by atoms with Crippen LogP contribution < -0.4 is 5.32 Å². The van der Waals surface area contributed by atoms with Crippen LogP contribution in [-0.4, -0.2) is 29.5 Å². The molecule has 3 rings (SSSR count). The number of aromatic nitrogens is 6. The molecule has 0 aromatic carbocycles. The summed E-state index contributed by atoms with van der Waals surface area (Å²) in [5, 5.41) is 13.0. The van der Waals surface area contributed by atoms with Crippen LogP contribution in [0.2, 0.25) is 0 Å². The Labute approximate surface area is 133 Å². The summed E-state index contributed by atoms with van der Waals surface area (Å²) in [5.41, 5.74) is 1.94. The van der Waals surface area contributed by atoms with Gasteiger partial charge in [0.2, 0.25) is 0 Å². The molecule has 22 heavy (non-hydrogen) atoms. The van der Waals surface area contributed by atoms with Gasteiger partial charge in [-0.25, -0.2) is 14.6 Å². The molecule has 1 N–H and O–H groups in total. The predicted octanol–water partition coefficient (Wildman–Crippen LogP) is 2.67. The lowest BCUT2D eigenvalue weighted by Gasteiger charge is -2.19. The van der Waals surface area contributed by atoms with Gasteiger partial charge in [-0.2, -0.15) is 10.2 Å². The van der Waals surface area contributed by atoms with E-state index in [1.807, 2.05) is 30.4 Å². The van der Waals surface area contributed by atoms with Crippen LogP contribution in [0.15, 0.2) is 6.33 Å². The van der Waals surface area contributed by atoms with Crippen molar-refractivity contribution >= 4 is 26.8 Å². The summed E-state index contributed by atoms with van der Waals surface area (Å²) in [5.74, 6) is 1.48. The number of hydrogen-bond donors (Lipinski definition) is 1. The molecule has 7 nitrogen and oxygen atoms in total. The fourth-order valence-electron chi connectivity index (χ4n) is 2.62. The van der Waals surface area contributed by atoms with E-state index in [1.165, 1.54) is 0 Å². The summed E-state index contributed by atoms with van der Waals surface area (Å²) in [6, 6.07) is 0.0985. The zero-order valence-corrected chi connectivity index (χ0v) is 14.3. The van der Waals surface area contributed by atoms with Gasteiger partial charge >= 0.3 is 0 Å². The van der Waals surface area contributed by atoms with E-state index in [2.05, 4.69) is 39.3 Å². The van der Waals surface area contributed by atoms with E-state index < -0.39 is 0 Å². The zero-order valence-electron chi connectivity index (χ0n) is 13.5. The lowest BCUT2D eigenvalue weighted by molar-refractivity contribution is 0.498. The zero-order chi connectivity index (χ0) is 15.9. The summed E-state index contributed by atoms with van der Waals surface area (Å²) >= 11 is 1.64. The van der Waals surface area contributed by atoms with Crippen LogP contribution in [-0.2, 0) is 14.1 Å². The van der Waals surface area contributed by atoms with E-state index >= 15 is 0 Å². The van der Waals surface area contributed by atoms with Crippen molar-refractivity contribution in [3.63, 3.8) is 0 Å². The molecular formula is C14H21N7S. The SMILES string of the molecule is Cc1nn(C)c2nc(NC(CC(C)C)c3ncnn3C)sc12.